The number of alkyl carbamates (subject to hydrolysis) is 4. The number of terminal acetylenes is 1. The maximum absolute atomic E-state index is 11.8. The monoisotopic (exact) mass is 1240 g/mol. The predicted molar refractivity (Wildman–Crippen MR) is 282 cm³/mol. The van der Waals surface area contributed by atoms with E-state index < -0.39 is 121 Å². The summed E-state index contributed by atoms with van der Waals surface area (Å²) in [6, 6.07) is 6.61. The number of nitrogens with two attached hydrogens (primary N) is 1. The Morgan fingerprint density at radius 2 is 1.06 bits per heavy atom. The van der Waals surface area contributed by atoms with Crippen molar-refractivity contribution in [2.45, 2.75) is 116 Å². The summed E-state index contributed by atoms with van der Waals surface area (Å²) in [7, 11) is 0. The Morgan fingerprint density at radius 1 is 0.628 bits per heavy atom. The maximum Gasteiger partial charge on any atom is 0.471 e. The molecule has 0 spiro atoms. The van der Waals surface area contributed by atoms with Crippen molar-refractivity contribution in [3.8, 4) is 36.0 Å². The lowest BCUT2D eigenvalue weighted by Crippen LogP contribution is -2.39. The van der Waals surface area contributed by atoms with E-state index in [0.717, 1.165) is 37.1 Å². The molecule has 4 aliphatic rings. The zero-order valence-corrected chi connectivity index (χ0v) is 46.8. The smallest absolute Gasteiger partial charge is 0.471 e. The number of alkyl halides is 6. The summed E-state index contributed by atoms with van der Waals surface area (Å²) in [5.41, 5.74) is 5.46. The van der Waals surface area contributed by atoms with Crippen LogP contribution in [-0.4, -0.2) is 176 Å². The Balaban J connectivity index is -0.000000468. The standard InChI is InChI=1S/C13H13NO5.C10H5NO3.C9H11F3N2O4.C4H4F3NO3.C4H5NO3.2C4H11N.C2H5NO2.H2O/c15-11(18-8-9-4-2-1-3-5-9)7-6-10-12(16)19-13(17)14-10;1-2-3-4-5-6-7-8-9(12)14-10(13)11-8;10-9(11,12)7(16)13-4-2-1-3-5-6(15)18-8(17)14-5;5-4(6,7)3(11)8-1-2(9)10;1-2-3(6)8-4(7)5-2;2*1-3-5-4-2;3-1-2(4)5;/h1-5,10H,6-8H2,(H,14,17);1,8H,7H2,(H,11,13);5H,1-4H2,(H,13,16)(H,14,17);1H2,(H,8,11)(H,9,10);2H,1H3,(H,5,7);2*5H,3-4H2,1-2H3;1,3H2,(H,4,5);1H2/t10-;8-;5-;;2-;;;;/m111.1..../s1. The van der Waals surface area contributed by atoms with Crippen LogP contribution in [0.4, 0.5) is 45.5 Å². The van der Waals surface area contributed by atoms with Gasteiger partial charge in [-0.1, -0.05) is 63.9 Å². The number of carboxylic acids is 2. The number of carbonyl (C=O) groups is 13. The van der Waals surface area contributed by atoms with Gasteiger partial charge in [-0.25, -0.2) is 38.4 Å². The van der Waals surface area contributed by atoms with E-state index in [9.17, 15) is 88.7 Å². The van der Waals surface area contributed by atoms with Crippen LogP contribution in [0.15, 0.2) is 30.3 Å². The van der Waals surface area contributed by atoms with Crippen LogP contribution in [0.1, 0.15) is 78.7 Å². The van der Waals surface area contributed by atoms with E-state index in [-0.39, 0.29) is 57.3 Å². The Labute approximate surface area is 487 Å². The van der Waals surface area contributed by atoms with E-state index in [1.54, 1.807) is 12.2 Å². The number of amides is 6. The molecule has 480 valence electrons. The number of carboxylic acid groups (broad SMARTS) is 2. The van der Waals surface area contributed by atoms with Gasteiger partial charge in [-0.15, -0.1) is 6.42 Å². The van der Waals surface area contributed by atoms with Crippen LogP contribution in [0, 0.1) is 36.0 Å². The second kappa shape index (κ2) is 47.9. The Morgan fingerprint density at radius 3 is 1.41 bits per heavy atom. The summed E-state index contributed by atoms with van der Waals surface area (Å²) in [6.07, 6.45) is -6.74. The molecule has 0 bridgehead atoms. The lowest BCUT2D eigenvalue weighted by Gasteiger charge is -2.08. The molecule has 6 amide bonds. The van der Waals surface area contributed by atoms with Crippen LogP contribution < -0.4 is 48.3 Å². The van der Waals surface area contributed by atoms with Crippen molar-refractivity contribution in [1.29, 1.82) is 0 Å². The maximum atomic E-state index is 11.8. The molecule has 0 radical (unpaired) electrons. The number of ether oxygens (including phenoxy) is 5. The zero-order chi connectivity index (χ0) is 65.6. The molecule has 4 heterocycles. The molecule has 4 saturated heterocycles. The molecule has 4 aliphatic heterocycles. The van der Waals surface area contributed by atoms with E-state index in [0.29, 0.717) is 6.42 Å². The van der Waals surface area contributed by atoms with Gasteiger partial charge in [0.25, 0.3) is 0 Å². The molecule has 30 nitrogen and oxygen atoms in total. The highest BCUT2D eigenvalue weighted by atomic mass is 19.4. The van der Waals surface area contributed by atoms with Gasteiger partial charge in [0.1, 0.15) is 37.3 Å². The minimum absolute atomic E-state index is 0. The number of hydrogen-bond donors (Lipinski definition) is 11. The minimum atomic E-state index is -5.02. The normalized spacial score (nSPS) is 16.2. The fourth-order valence-electron chi connectivity index (χ4n) is 5.01. The Kier molecular flexibility index (Phi) is 46.1. The first kappa shape index (κ1) is 82.9. The molecule has 4 fully saturated rings. The van der Waals surface area contributed by atoms with Gasteiger partial charge in [0.15, 0.2) is 0 Å². The molecule has 4 atom stereocenters. The van der Waals surface area contributed by atoms with Crippen LogP contribution in [0.25, 0.3) is 0 Å². The number of cyclic esters (lactones) is 8. The van der Waals surface area contributed by atoms with E-state index in [2.05, 4.69) is 114 Å². The zero-order valence-electron chi connectivity index (χ0n) is 46.8. The summed E-state index contributed by atoms with van der Waals surface area (Å²) in [5.74, 6) is 2.15. The van der Waals surface area contributed by atoms with Crippen LogP contribution in [-0.2, 0) is 73.4 Å². The molecule has 86 heavy (non-hydrogen) atoms. The van der Waals surface area contributed by atoms with Gasteiger partial charge in [-0.2, -0.15) is 26.3 Å². The van der Waals surface area contributed by atoms with Gasteiger partial charge in [0.2, 0.25) is 0 Å². The highest BCUT2D eigenvalue weighted by Crippen LogP contribution is 2.15. The van der Waals surface area contributed by atoms with Gasteiger partial charge in [-0.3, -0.25) is 24.0 Å². The second-order valence-electron chi connectivity index (χ2n) is 15.7. The Bertz CT molecular complexity index is 2540. The van der Waals surface area contributed by atoms with Gasteiger partial charge >= 0.3 is 90.3 Å². The molecule has 0 unspecified atom stereocenters. The fraction of sp³-hybridized carbons (Fsp3) is 0.500. The summed E-state index contributed by atoms with van der Waals surface area (Å²) in [4.78, 5) is 136. The third-order valence-electron chi connectivity index (χ3n) is 8.96. The van der Waals surface area contributed by atoms with Gasteiger partial charge in [-0.05, 0) is 88.0 Å². The molecular formula is C50H67F6N9O21. The Hall–Kier alpha value is -9.57. The van der Waals surface area contributed by atoms with Crippen LogP contribution >= 0.6 is 0 Å². The van der Waals surface area contributed by atoms with Crippen LogP contribution in [0.3, 0.4) is 0 Å². The van der Waals surface area contributed by atoms with Gasteiger partial charge < -0.3 is 87.6 Å². The highest BCUT2D eigenvalue weighted by molar-refractivity contribution is 5.97. The third kappa shape index (κ3) is 45.0. The molecular weight excluding hydrogens is 1180 g/mol. The van der Waals surface area contributed by atoms with Crippen molar-refractivity contribution >= 4 is 78.0 Å². The molecule has 14 N–H and O–H groups in total. The number of halogens is 6. The van der Waals surface area contributed by atoms with Crippen molar-refractivity contribution in [2.24, 2.45) is 5.73 Å². The average molecular weight is 1240 g/mol. The number of aliphatic carboxylic acids is 2. The molecule has 1 aromatic carbocycles. The SMILES string of the molecule is C#CC#CC#CC[C@H]1NC(=O)OC1=O.CCNCC.CCNCC.C[C@H]1NC(=O)OC1=O.NCC(=O)O.O.O=C(CC[C@H]1NC(=O)OC1=O)OCc1ccccc1.O=C(O)CNC(=O)C(F)(F)F.O=C1N[C@H](CCCCNC(=O)C(F)(F)F)C(=O)O1. The van der Waals surface area contributed by atoms with Crippen molar-refractivity contribution in [2.75, 3.05) is 45.8 Å². The number of rotatable bonds is 18. The number of benzene rings is 1. The summed E-state index contributed by atoms with van der Waals surface area (Å²) in [5, 5.41) is 33.6. The molecule has 0 aliphatic carbocycles. The lowest BCUT2D eigenvalue weighted by atomic mass is 10.1. The molecule has 5 rings (SSSR count). The van der Waals surface area contributed by atoms with Crippen LogP contribution in [0.5, 0.6) is 0 Å². The third-order valence-corrected chi connectivity index (χ3v) is 8.96. The van der Waals surface area contributed by atoms with Crippen molar-refractivity contribution < 1.29 is 128 Å². The number of carbonyl (C=O) groups excluding carboxylic acids is 11. The summed E-state index contributed by atoms with van der Waals surface area (Å²) < 4.78 is 91.1. The molecule has 0 aromatic heterocycles. The number of esters is 5. The van der Waals surface area contributed by atoms with E-state index in [1.165, 1.54) is 0 Å². The van der Waals surface area contributed by atoms with Crippen molar-refractivity contribution in [1.82, 2.24) is 42.5 Å². The summed E-state index contributed by atoms with van der Waals surface area (Å²) in [6.45, 7) is 13.1. The minimum Gasteiger partial charge on any atom is -0.480 e. The first-order chi connectivity index (χ1) is 39.8. The average Bonchev–Trinajstić information content (AvgIpc) is 4.38. The number of unbranched alkanes of at least 4 members (excludes halogenated alkanes) is 1. The first-order valence-electron chi connectivity index (χ1n) is 24.8. The summed E-state index contributed by atoms with van der Waals surface area (Å²) >= 11 is 0. The molecule has 1 aromatic rings. The first-order valence-corrected chi connectivity index (χ1v) is 24.8. The van der Waals surface area contributed by atoms with E-state index >= 15 is 0 Å². The van der Waals surface area contributed by atoms with Crippen molar-refractivity contribution in [3.63, 3.8) is 0 Å². The quantitative estimate of drug-likeness (QED) is 0.0232. The second-order valence-corrected chi connectivity index (χ2v) is 15.7. The van der Waals surface area contributed by atoms with Gasteiger partial charge in [0, 0.05) is 19.4 Å². The largest absolute Gasteiger partial charge is 0.480 e. The number of nitrogens with one attached hydrogen (secondary N) is 8. The highest BCUT2D eigenvalue weighted by Gasteiger charge is 2.39. The lowest BCUT2D eigenvalue weighted by molar-refractivity contribution is -0.174. The van der Waals surface area contributed by atoms with Crippen LogP contribution in [0.2, 0.25) is 0 Å². The van der Waals surface area contributed by atoms with Crippen molar-refractivity contribution in [3.05, 3.63) is 35.9 Å². The predicted octanol–water partition coefficient (Wildman–Crippen LogP) is 0.0941. The fourth-order valence-corrected chi connectivity index (χ4v) is 5.01. The van der Waals surface area contributed by atoms with Gasteiger partial charge in [0.05, 0.1) is 6.54 Å². The van der Waals surface area contributed by atoms with E-state index in [1.807, 2.05) is 30.3 Å². The number of hydrogen-bond acceptors (Lipinski definition) is 21. The van der Waals surface area contributed by atoms with E-state index in [4.69, 9.17) is 21.4 Å². The molecule has 0 saturated carbocycles. The topological polar surface area (TPSA) is 462 Å². The molecule has 36 heteroatoms.